The van der Waals surface area contributed by atoms with Gasteiger partial charge in [-0.3, -0.25) is 4.79 Å². The van der Waals surface area contributed by atoms with Crippen molar-refractivity contribution < 1.29 is 9.53 Å². The lowest BCUT2D eigenvalue weighted by atomic mass is 10.2. The number of nitrogens with one attached hydrogen (secondary N) is 2. The molecule has 1 atom stereocenters. The average molecular weight is 285 g/mol. The highest BCUT2D eigenvalue weighted by molar-refractivity contribution is 6.31. The van der Waals surface area contributed by atoms with Crippen molar-refractivity contribution in [1.29, 1.82) is 0 Å². The largest absolute Gasteiger partial charge is 0.495 e. The fourth-order valence-corrected chi connectivity index (χ4v) is 1.81. The molecule has 0 saturated carbocycles. The van der Waals surface area contributed by atoms with Gasteiger partial charge in [0.15, 0.2) is 0 Å². The summed E-state index contributed by atoms with van der Waals surface area (Å²) in [6.07, 6.45) is 0. The maximum absolute atomic E-state index is 11.9. The Morgan fingerprint density at radius 2 is 1.95 bits per heavy atom. The maximum atomic E-state index is 11.9. The molecule has 19 heavy (non-hydrogen) atoms. The molecular weight excluding hydrogens is 264 g/mol. The lowest BCUT2D eigenvalue weighted by Gasteiger charge is -2.19. The lowest BCUT2D eigenvalue weighted by molar-refractivity contribution is -0.122. The Morgan fingerprint density at radius 1 is 1.32 bits per heavy atom. The molecule has 0 fully saturated rings. The number of ether oxygens (including phenoxy) is 1. The van der Waals surface area contributed by atoms with E-state index in [9.17, 15) is 4.79 Å². The van der Waals surface area contributed by atoms with Crippen LogP contribution in [0.4, 0.5) is 5.69 Å². The Hall–Kier alpha value is -1.42. The van der Waals surface area contributed by atoms with Gasteiger partial charge in [-0.05, 0) is 39.3 Å². The van der Waals surface area contributed by atoms with E-state index in [1.807, 2.05) is 26.8 Å². The molecule has 2 N–H and O–H groups in total. The predicted molar refractivity (Wildman–Crippen MR) is 79.1 cm³/mol. The summed E-state index contributed by atoms with van der Waals surface area (Å²) in [5.41, 5.74) is 1.69. The fraction of sp³-hybridized carbons (Fsp3) is 0.500. The standard InChI is InChI=1S/C14H21ClN2O2/c1-8(2)16-14(18)10(4)17-12-6-9(3)11(15)7-13(12)19-5/h6-8,10,17H,1-5H3,(H,16,18)/t10-/m0/s1. The van der Waals surface area contributed by atoms with Gasteiger partial charge in [-0.25, -0.2) is 0 Å². The number of hydrogen-bond donors (Lipinski definition) is 2. The third kappa shape index (κ3) is 4.31. The van der Waals surface area contributed by atoms with Crippen molar-refractivity contribution in [3.8, 4) is 5.75 Å². The Kier molecular flexibility index (Phi) is 5.48. The minimum atomic E-state index is -0.350. The Bertz CT molecular complexity index is 461. The zero-order chi connectivity index (χ0) is 14.6. The van der Waals surface area contributed by atoms with E-state index in [1.54, 1.807) is 20.1 Å². The highest BCUT2D eigenvalue weighted by Crippen LogP contribution is 2.31. The van der Waals surface area contributed by atoms with Crippen LogP contribution in [0.2, 0.25) is 5.02 Å². The quantitative estimate of drug-likeness (QED) is 0.874. The SMILES string of the molecule is COc1cc(Cl)c(C)cc1N[C@@H](C)C(=O)NC(C)C. The van der Waals surface area contributed by atoms with E-state index in [0.29, 0.717) is 10.8 Å². The number of amides is 1. The first-order valence-corrected chi connectivity index (χ1v) is 6.64. The van der Waals surface area contributed by atoms with Crippen molar-refractivity contribution >= 4 is 23.2 Å². The molecule has 106 valence electrons. The summed E-state index contributed by atoms with van der Waals surface area (Å²) in [5, 5.41) is 6.64. The first-order valence-electron chi connectivity index (χ1n) is 6.26. The molecule has 4 nitrogen and oxygen atoms in total. The van der Waals surface area contributed by atoms with E-state index in [-0.39, 0.29) is 18.0 Å². The van der Waals surface area contributed by atoms with Crippen LogP contribution in [0.25, 0.3) is 0 Å². The molecule has 1 rings (SSSR count). The number of methoxy groups -OCH3 is 1. The van der Waals surface area contributed by atoms with Gasteiger partial charge in [0.25, 0.3) is 0 Å². The van der Waals surface area contributed by atoms with Crippen LogP contribution in [0.1, 0.15) is 26.3 Å². The highest BCUT2D eigenvalue weighted by Gasteiger charge is 2.16. The zero-order valence-corrected chi connectivity index (χ0v) is 12.8. The summed E-state index contributed by atoms with van der Waals surface area (Å²) in [6, 6.07) is 3.38. The normalized spacial score (nSPS) is 12.2. The molecule has 0 bridgehead atoms. The molecule has 5 heteroatoms. The molecule has 0 aromatic heterocycles. The van der Waals surface area contributed by atoms with Crippen LogP contribution in [0.15, 0.2) is 12.1 Å². The fourth-order valence-electron chi connectivity index (χ4n) is 1.65. The van der Waals surface area contributed by atoms with Crippen LogP contribution >= 0.6 is 11.6 Å². The molecule has 0 unspecified atom stereocenters. The average Bonchev–Trinajstić information content (AvgIpc) is 2.32. The van der Waals surface area contributed by atoms with Gasteiger partial charge in [-0.1, -0.05) is 11.6 Å². The number of benzene rings is 1. The van der Waals surface area contributed by atoms with E-state index in [4.69, 9.17) is 16.3 Å². The first-order chi connectivity index (χ1) is 8.85. The van der Waals surface area contributed by atoms with Gasteiger partial charge in [-0.2, -0.15) is 0 Å². The van der Waals surface area contributed by atoms with E-state index >= 15 is 0 Å². The Labute approximate surface area is 119 Å². The lowest BCUT2D eigenvalue weighted by Crippen LogP contribution is -2.41. The maximum Gasteiger partial charge on any atom is 0.242 e. The van der Waals surface area contributed by atoms with Crippen LogP contribution in [0.3, 0.4) is 0 Å². The smallest absolute Gasteiger partial charge is 0.242 e. The number of anilines is 1. The number of carbonyl (C=O) groups excluding carboxylic acids is 1. The molecule has 1 aromatic rings. The number of carbonyl (C=O) groups is 1. The molecule has 0 heterocycles. The molecular formula is C14H21ClN2O2. The van der Waals surface area contributed by atoms with Gasteiger partial charge in [0.2, 0.25) is 5.91 Å². The van der Waals surface area contributed by atoms with E-state index in [2.05, 4.69) is 10.6 Å². The van der Waals surface area contributed by atoms with Gasteiger partial charge >= 0.3 is 0 Å². The molecule has 1 aromatic carbocycles. The summed E-state index contributed by atoms with van der Waals surface area (Å²) in [4.78, 5) is 11.9. The Morgan fingerprint density at radius 3 is 2.47 bits per heavy atom. The van der Waals surface area contributed by atoms with Crippen LogP contribution in [0.5, 0.6) is 5.75 Å². The third-order valence-electron chi connectivity index (χ3n) is 2.68. The first kappa shape index (κ1) is 15.6. The number of hydrogen-bond acceptors (Lipinski definition) is 3. The molecule has 0 saturated heterocycles. The van der Waals surface area contributed by atoms with Crippen molar-refractivity contribution in [2.75, 3.05) is 12.4 Å². The van der Waals surface area contributed by atoms with Crippen molar-refractivity contribution in [3.63, 3.8) is 0 Å². The molecule has 0 radical (unpaired) electrons. The molecule has 0 aliphatic carbocycles. The summed E-state index contributed by atoms with van der Waals surface area (Å²) in [5.74, 6) is 0.574. The number of aryl methyl sites for hydroxylation is 1. The third-order valence-corrected chi connectivity index (χ3v) is 3.08. The topological polar surface area (TPSA) is 50.4 Å². The second kappa shape index (κ2) is 6.66. The molecule has 1 amide bonds. The van der Waals surface area contributed by atoms with Crippen molar-refractivity contribution in [1.82, 2.24) is 5.32 Å². The van der Waals surface area contributed by atoms with Gasteiger partial charge in [0.05, 0.1) is 12.8 Å². The van der Waals surface area contributed by atoms with Gasteiger partial charge in [0, 0.05) is 17.1 Å². The van der Waals surface area contributed by atoms with Crippen molar-refractivity contribution in [2.24, 2.45) is 0 Å². The molecule has 0 aliphatic rings. The van der Waals surface area contributed by atoms with E-state index < -0.39 is 0 Å². The molecule has 0 spiro atoms. The summed E-state index contributed by atoms with van der Waals surface area (Å²) in [6.45, 7) is 7.57. The summed E-state index contributed by atoms with van der Waals surface area (Å²) in [7, 11) is 1.57. The minimum absolute atomic E-state index is 0.0512. The van der Waals surface area contributed by atoms with Crippen LogP contribution in [0, 0.1) is 6.92 Å². The summed E-state index contributed by atoms with van der Waals surface area (Å²) < 4.78 is 5.26. The monoisotopic (exact) mass is 284 g/mol. The van der Waals surface area contributed by atoms with Gasteiger partial charge in [-0.15, -0.1) is 0 Å². The second-order valence-corrected chi connectivity index (χ2v) is 5.24. The predicted octanol–water partition coefficient (Wildman–Crippen LogP) is 2.98. The van der Waals surface area contributed by atoms with E-state index in [0.717, 1.165) is 11.3 Å². The number of halogens is 1. The van der Waals surface area contributed by atoms with Crippen LogP contribution in [-0.2, 0) is 4.79 Å². The van der Waals surface area contributed by atoms with Crippen molar-refractivity contribution in [2.45, 2.75) is 39.8 Å². The molecule has 0 aliphatic heterocycles. The van der Waals surface area contributed by atoms with Crippen molar-refractivity contribution in [3.05, 3.63) is 22.7 Å². The number of rotatable bonds is 5. The highest BCUT2D eigenvalue weighted by atomic mass is 35.5. The second-order valence-electron chi connectivity index (χ2n) is 4.83. The summed E-state index contributed by atoms with van der Waals surface area (Å²) >= 11 is 6.05. The van der Waals surface area contributed by atoms with Crippen LogP contribution in [-0.4, -0.2) is 25.1 Å². The zero-order valence-electron chi connectivity index (χ0n) is 12.0. The van der Waals surface area contributed by atoms with Gasteiger partial charge in [0.1, 0.15) is 11.8 Å². The Balaban J connectivity index is 2.87. The van der Waals surface area contributed by atoms with Gasteiger partial charge < -0.3 is 15.4 Å². The minimum Gasteiger partial charge on any atom is -0.495 e. The van der Waals surface area contributed by atoms with E-state index in [1.165, 1.54) is 0 Å². The van der Waals surface area contributed by atoms with Crippen LogP contribution < -0.4 is 15.4 Å².